The zero-order chi connectivity index (χ0) is 12.0. The highest BCUT2D eigenvalue weighted by Crippen LogP contribution is 2.28. The third-order valence-electron chi connectivity index (χ3n) is 2.04. The van der Waals surface area contributed by atoms with Crippen molar-refractivity contribution in [2.24, 2.45) is 5.73 Å². The molecule has 1 atom stereocenters. The number of aliphatic hydroxyl groups excluding tert-OH is 1. The van der Waals surface area contributed by atoms with Crippen LogP contribution in [0.4, 0.5) is 0 Å². The van der Waals surface area contributed by atoms with Gasteiger partial charge in [0.05, 0.1) is 6.61 Å². The van der Waals surface area contributed by atoms with E-state index >= 15 is 0 Å². The summed E-state index contributed by atoms with van der Waals surface area (Å²) in [6.07, 6.45) is 3.80. The first-order chi connectivity index (χ1) is 7.57. The molecule has 0 spiro atoms. The van der Waals surface area contributed by atoms with Gasteiger partial charge in [-0.05, 0) is 26.0 Å². The van der Waals surface area contributed by atoms with E-state index < -0.39 is 5.54 Å². The van der Waals surface area contributed by atoms with Crippen molar-refractivity contribution in [2.75, 3.05) is 18.6 Å². The number of rotatable bonds is 7. The van der Waals surface area contributed by atoms with E-state index in [4.69, 9.17) is 10.8 Å². The minimum Gasteiger partial charge on any atom is -0.394 e. The van der Waals surface area contributed by atoms with Crippen LogP contribution in [0, 0.1) is 0 Å². The van der Waals surface area contributed by atoms with E-state index in [0.717, 1.165) is 27.3 Å². The Balaban J connectivity index is 2.20. The minimum absolute atomic E-state index is 0.0348. The molecule has 0 saturated heterocycles. The standard InChI is InChI=1S/C9H17N3OS3/c1-9(10,6-13)4-3-5-15-8-12-11-7(14-2)16-8/h13H,3-6,10H2,1-2H3. The fraction of sp³-hybridized carbons (Fsp3) is 0.778. The van der Waals surface area contributed by atoms with Gasteiger partial charge in [-0.3, -0.25) is 0 Å². The summed E-state index contributed by atoms with van der Waals surface area (Å²) in [6, 6.07) is 0. The van der Waals surface area contributed by atoms with Crippen LogP contribution >= 0.6 is 34.9 Å². The molecular weight excluding hydrogens is 262 g/mol. The number of thioether (sulfide) groups is 2. The van der Waals surface area contributed by atoms with Crippen LogP contribution in [0.3, 0.4) is 0 Å². The van der Waals surface area contributed by atoms with Gasteiger partial charge in [-0.2, -0.15) is 0 Å². The van der Waals surface area contributed by atoms with E-state index in [2.05, 4.69) is 10.2 Å². The minimum atomic E-state index is -0.452. The normalized spacial score (nSPS) is 15.0. The monoisotopic (exact) mass is 279 g/mol. The largest absolute Gasteiger partial charge is 0.394 e. The van der Waals surface area contributed by atoms with Gasteiger partial charge in [-0.1, -0.05) is 34.9 Å². The van der Waals surface area contributed by atoms with Gasteiger partial charge in [0.1, 0.15) is 0 Å². The third kappa shape index (κ3) is 5.01. The average molecular weight is 279 g/mol. The second kappa shape index (κ2) is 6.80. The van der Waals surface area contributed by atoms with E-state index in [1.807, 2.05) is 13.2 Å². The van der Waals surface area contributed by atoms with Gasteiger partial charge in [0.25, 0.3) is 0 Å². The second-order valence-corrected chi connectivity index (χ2v) is 7.18. The summed E-state index contributed by atoms with van der Waals surface area (Å²) in [4.78, 5) is 0. The summed E-state index contributed by atoms with van der Waals surface area (Å²) in [5.74, 6) is 0.968. The fourth-order valence-corrected chi connectivity index (χ4v) is 3.50. The molecule has 0 saturated carbocycles. The maximum atomic E-state index is 8.99. The Labute approximate surface area is 108 Å². The Morgan fingerprint density at radius 3 is 2.69 bits per heavy atom. The average Bonchev–Trinajstić information content (AvgIpc) is 2.72. The lowest BCUT2D eigenvalue weighted by molar-refractivity contribution is 0.200. The molecule has 1 unspecified atom stereocenters. The molecule has 0 aliphatic carbocycles. The second-order valence-electron chi connectivity index (χ2n) is 3.80. The van der Waals surface area contributed by atoms with Crippen molar-refractivity contribution in [2.45, 2.75) is 34.0 Å². The summed E-state index contributed by atoms with van der Waals surface area (Å²) in [5, 5.41) is 17.1. The van der Waals surface area contributed by atoms with Crippen molar-refractivity contribution in [1.29, 1.82) is 0 Å². The van der Waals surface area contributed by atoms with Crippen LogP contribution in [0.15, 0.2) is 8.68 Å². The van der Waals surface area contributed by atoms with Gasteiger partial charge in [0, 0.05) is 11.3 Å². The quantitative estimate of drug-likeness (QED) is 0.586. The first-order valence-corrected chi connectivity index (χ1v) is 8.00. The Morgan fingerprint density at radius 2 is 2.12 bits per heavy atom. The highest BCUT2D eigenvalue weighted by molar-refractivity contribution is 8.02. The number of aliphatic hydroxyl groups is 1. The van der Waals surface area contributed by atoms with Crippen LogP contribution in [0.5, 0.6) is 0 Å². The van der Waals surface area contributed by atoms with Crippen molar-refractivity contribution < 1.29 is 5.11 Å². The molecule has 0 fully saturated rings. The molecule has 1 aromatic heterocycles. The molecule has 0 bridgehead atoms. The first kappa shape index (κ1) is 14.2. The molecule has 7 heteroatoms. The van der Waals surface area contributed by atoms with Crippen molar-refractivity contribution in [1.82, 2.24) is 10.2 Å². The summed E-state index contributed by atoms with van der Waals surface area (Å²) in [7, 11) is 0. The summed E-state index contributed by atoms with van der Waals surface area (Å²) in [6.45, 7) is 1.90. The Hall–Kier alpha value is 0.180. The third-order valence-corrected chi connectivity index (χ3v) is 5.16. The summed E-state index contributed by atoms with van der Waals surface area (Å²) in [5.41, 5.74) is 5.38. The smallest absolute Gasteiger partial charge is 0.175 e. The van der Waals surface area contributed by atoms with E-state index in [1.165, 1.54) is 0 Å². The SMILES string of the molecule is CSc1nnc(SCCCC(C)(N)CO)s1. The molecule has 92 valence electrons. The van der Waals surface area contributed by atoms with Crippen LogP contribution in [0.25, 0.3) is 0 Å². The molecule has 0 aromatic carbocycles. The lowest BCUT2D eigenvalue weighted by atomic mass is 9.99. The van der Waals surface area contributed by atoms with E-state index in [-0.39, 0.29) is 6.61 Å². The summed E-state index contributed by atoms with van der Waals surface area (Å²) < 4.78 is 2.01. The van der Waals surface area contributed by atoms with Gasteiger partial charge in [0.15, 0.2) is 8.68 Å². The zero-order valence-corrected chi connectivity index (χ0v) is 11.9. The molecule has 1 aromatic rings. The molecule has 3 N–H and O–H groups in total. The number of nitrogens with two attached hydrogens (primary N) is 1. The van der Waals surface area contributed by atoms with Crippen molar-refractivity contribution in [3.05, 3.63) is 0 Å². The Morgan fingerprint density at radius 1 is 1.44 bits per heavy atom. The van der Waals surface area contributed by atoms with Gasteiger partial charge in [0.2, 0.25) is 0 Å². The van der Waals surface area contributed by atoms with Gasteiger partial charge < -0.3 is 10.8 Å². The molecular formula is C9H17N3OS3. The highest BCUT2D eigenvalue weighted by atomic mass is 32.2. The first-order valence-electron chi connectivity index (χ1n) is 4.97. The van der Waals surface area contributed by atoms with E-state index in [0.29, 0.717) is 0 Å². The highest BCUT2D eigenvalue weighted by Gasteiger charge is 2.16. The topological polar surface area (TPSA) is 72.0 Å². The fourth-order valence-electron chi connectivity index (χ4n) is 1.05. The number of nitrogens with zero attached hydrogens (tertiary/aromatic N) is 2. The maximum Gasteiger partial charge on any atom is 0.175 e. The molecule has 0 radical (unpaired) electrons. The van der Waals surface area contributed by atoms with E-state index in [1.54, 1.807) is 34.9 Å². The van der Waals surface area contributed by atoms with E-state index in [9.17, 15) is 0 Å². The van der Waals surface area contributed by atoms with Crippen LogP contribution < -0.4 is 5.73 Å². The predicted octanol–water partition coefficient (Wildman–Crippen LogP) is 1.84. The molecule has 0 aliphatic rings. The number of hydrogen-bond donors (Lipinski definition) is 2. The van der Waals surface area contributed by atoms with Crippen molar-refractivity contribution in [3.8, 4) is 0 Å². The molecule has 0 amide bonds. The van der Waals surface area contributed by atoms with Crippen molar-refractivity contribution in [3.63, 3.8) is 0 Å². The molecule has 16 heavy (non-hydrogen) atoms. The maximum absolute atomic E-state index is 8.99. The summed E-state index contributed by atoms with van der Waals surface area (Å²) >= 11 is 4.94. The van der Waals surface area contributed by atoms with Crippen LogP contribution in [0.1, 0.15) is 19.8 Å². The lowest BCUT2D eigenvalue weighted by Crippen LogP contribution is -2.40. The molecule has 0 aliphatic heterocycles. The van der Waals surface area contributed by atoms with Crippen LogP contribution in [0.2, 0.25) is 0 Å². The number of hydrogen-bond acceptors (Lipinski definition) is 7. The molecule has 4 nitrogen and oxygen atoms in total. The van der Waals surface area contributed by atoms with Crippen molar-refractivity contribution >= 4 is 34.9 Å². The zero-order valence-electron chi connectivity index (χ0n) is 9.47. The van der Waals surface area contributed by atoms with Crippen LogP contribution in [-0.2, 0) is 0 Å². The van der Waals surface area contributed by atoms with Gasteiger partial charge in [-0.15, -0.1) is 10.2 Å². The van der Waals surface area contributed by atoms with Gasteiger partial charge in [-0.25, -0.2) is 0 Å². The molecule has 1 rings (SSSR count). The number of aromatic nitrogens is 2. The van der Waals surface area contributed by atoms with Gasteiger partial charge >= 0.3 is 0 Å². The lowest BCUT2D eigenvalue weighted by Gasteiger charge is -2.20. The Kier molecular flexibility index (Phi) is 6.06. The Bertz CT molecular complexity index is 317. The predicted molar refractivity (Wildman–Crippen MR) is 71.3 cm³/mol. The van der Waals surface area contributed by atoms with Crippen LogP contribution in [-0.4, -0.2) is 39.5 Å². The molecule has 1 heterocycles.